The summed E-state index contributed by atoms with van der Waals surface area (Å²) >= 11 is 0. The maximum Gasteiger partial charge on any atom is 0.331 e. The molecule has 18 heavy (non-hydrogen) atoms. The molecule has 1 heterocycles. The quantitative estimate of drug-likeness (QED) is 0.753. The van der Waals surface area contributed by atoms with Gasteiger partial charge in [0.15, 0.2) is 0 Å². The Kier molecular flexibility index (Phi) is 4.30. The minimum absolute atomic E-state index is 0.00810. The highest BCUT2D eigenvalue weighted by Crippen LogP contribution is 1.93. The van der Waals surface area contributed by atoms with Gasteiger partial charge in [0.2, 0.25) is 5.91 Å². The number of rotatable bonds is 4. The van der Waals surface area contributed by atoms with Gasteiger partial charge in [-0.25, -0.2) is 4.79 Å². The predicted octanol–water partition coefficient (Wildman–Crippen LogP) is -0.910. The molecular weight excluding hydrogens is 236 g/mol. The summed E-state index contributed by atoms with van der Waals surface area (Å²) in [5.74, 6) is -0.147. The Morgan fingerprint density at radius 3 is 2.50 bits per heavy atom. The van der Waals surface area contributed by atoms with E-state index in [0.29, 0.717) is 6.54 Å². The third kappa shape index (κ3) is 2.79. The van der Waals surface area contributed by atoms with E-state index >= 15 is 0 Å². The summed E-state index contributed by atoms with van der Waals surface area (Å²) in [6.07, 6.45) is 1.42. The monoisotopic (exact) mass is 254 g/mol. The van der Waals surface area contributed by atoms with Crippen LogP contribution in [0.25, 0.3) is 0 Å². The lowest BCUT2D eigenvalue weighted by molar-refractivity contribution is -0.128. The van der Waals surface area contributed by atoms with Crippen LogP contribution >= 0.6 is 0 Å². The molecule has 0 aliphatic rings. The fourth-order valence-corrected chi connectivity index (χ4v) is 1.53. The lowest BCUT2D eigenvalue weighted by Gasteiger charge is -2.12. The number of hydrogen-bond donors (Lipinski definition) is 1. The van der Waals surface area contributed by atoms with Crippen LogP contribution in [0.5, 0.6) is 0 Å². The standard InChI is InChI=1S/C11H18N4O3/c1-4-14-7-8(12)10(17)15(11(14)18)6-5-9(16)13(2)3/h7H,4-6,12H2,1-3H3. The van der Waals surface area contributed by atoms with Gasteiger partial charge in [-0.05, 0) is 6.92 Å². The summed E-state index contributed by atoms with van der Waals surface area (Å²) in [4.78, 5) is 36.5. The zero-order chi connectivity index (χ0) is 13.9. The maximum atomic E-state index is 11.9. The number of aromatic nitrogens is 2. The summed E-state index contributed by atoms with van der Waals surface area (Å²) in [5.41, 5.74) is 4.57. The lowest BCUT2D eigenvalue weighted by Crippen LogP contribution is -2.41. The van der Waals surface area contributed by atoms with Crippen molar-refractivity contribution >= 4 is 11.6 Å². The SMILES string of the molecule is CCn1cc(N)c(=O)n(CCC(=O)N(C)C)c1=O. The summed E-state index contributed by atoms with van der Waals surface area (Å²) in [6, 6.07) is 0. The number of nitrogens with two attached hydrogens (primary N) is 1. The third-order valence-corrected chi connectivity index (χ3v) is 2.65. The van der Waals surface area contributed by atoms with Gasteiger partial charge in [-0.3, -0.25) is 18.7 Å². The van der Waals surface area contributed by atoms with Gasteiger partial charge in [0, 0.05) is 39.8 Å². The molecule has 1 aromatic heterocycles. The topological polar surface area (TPSA) is 90.3 Å². The highest BCUT2D eigenvalue weighted by molar-refractivity contribution is 5.75. The molecule has 0 bridgehead atoms. The van der Waals surface area contributed by atoms with E-state index in [9.17, 15) is 14.4 Å². The third-order valence-electron chi connectivity index (χ3n) is 2.65. The summed E-state index contributed by atoms with van der Waals surface area (Å²) in [5, 5.41) is 0. The van der Waals surface area contributed by atoms with E-state index in [-0.39, 0.29) is 24.6 Å². The minimum atomic E-state index is -0.545. The van der Waals surface area contributed by atoms with Crippen LogP contribution in [0.3, 0.4) is 0 Å². The van der Waals surface area contributed by atoms with E-state index in [0.717, 1.165) is 4.57 Å². The van der Waals surface area contributed by atoms with E-state index in [1.807, 2.05) is 0 Å². The smallest absolute Gasteiger partial charge is 0.331 e. The lowest BCUT2D eigenvalue weighted by atomic mass is 10.3. The molecule has 1 rings (SSSR count). The summed E-state index contributed by atoms with van der Waals surface area (Å²) in [7, 11) is 3.24. The molecule has 0 unspecified atom stereocenters. The van der Waals surface area contributed by atoms with E-state index in [1.165, 1.54) is 15.7 Å². The molecule has 0 fully saturated rings. The normalized spacial score (nSPS) is 10.4. The Labute approximate surface area is 104 Å². The number of carbonyl (C=O) groups is 1. The van der Waals surface area contributed by atoms with Gasteiger partial charge < -0.3 is 10.6 Å². The summed E-state index contributed by atoms with van der Waals surface area (Å²) in [6.45, 7) is 2.24. The second-order valence-electron chi connectivity index (χ2n) is 4.15. The zero-order valence-electron chi connectivity index (χ0n) is 10.8. The Balaban J connectivity index is 3.09. The van der Waals surface area contributed by atoms with Crippen molar-refractivity contribution in [1.29, 1.82) is 0 Å². The Hall–Kier alpha value is -2.05. The van der Waals surface area contributed by atoms with Crippen molar-refractivity contribution in [2.75, 3.05) is 19.8 Å². The first-order chi connectivity index (χ1) is 8.38. The number of nitrogens with zero attached hydrogens (tertiary/aromatic N) is 3. The summed E-state index contributed by atoms with van der Waals surface area (Å²) < 4.78 is 2.34. The zero-order valence-corrected chi connectivity index (χ0v) is 10.8. The van der Waals surface area contributed by atoms with Crippen LogP contribution in [0.4, 0.5) is 5.69 Å². The number of nitrogen functional groups attached to an aromatic ring is 1. The van der Waals surface area contributed by atoms with Gasteiger partial charge in [0.25, 0.3) is 5.56 Å². The van der Waals surface area contributed by atoms with Crippen LogP contribution in [0.15, 0.2) is 15.8 Å². The van der Waals surface area contributed by atoms with Gasteiger partial charge >= 0.3 is 5.69 Å². The molecule has 100 valence electrons. The van der Waals surface area contributed by atoms with Crippen molar-refractivity contribution in [3.8, 4) is 0 Å². The molecule has 0 aromatic carbocycles. The van der Waals surface area contributed by atoms with Crippen LogP contribution in [0.1, 0.15) is 13.3 Å². The van der Waals surface area contributed by atoms with Gasteiger partial charge in [-0.1, -0.05) is 0 Å². The highest BCUT2D eigenvalue weighted by Gasteiger charge is 2.11. The van der Waals surface area contributed by atoms with E-state index < -0.39 is 11.2 Å². The van der Waals surface area contributed by atoms with Crippen molar-refractivity contribution in [3.05, 3.63) is 27.0 Å². The molecule has 0 atom stereocenters. The van der Waals surface area contributed by atoms with Gasteiger partial charge in [-0.15, -0.1) is 0 Å². The number of aryl methyl sites for hydroxylation is 1. The molecule has 0 aliphatic carbocycles. The van der Waals surface area contributed by atoms with E-state index in [4.69, 9.17) is 5.73 Å². The number of hydrogen-bond acceptors (Lipinski definition) is 4. The number of carbonyl (C=O) groups excluding carboxylic acids is 1. The van der Waals surface area contributed by atoms with Crippen LogP contribution in [-0.4, -0.2) is 34.0 Å². The Bertz CT molecular complexity index is 556. The maximum absolute atomic E-state index is 11.9. The average Bonchev–Trinajstić information content (AvgIpc) is 2.33. The fourth-order valence-electron chi connectivity index (χ4n) is 1.53. The highest BCUT2D eigenvalue weighted by atomic mass is 16.2. The molecule has 0 radical (unpaired) electrons. The molecule has 1 aromatic rings. The van der Waals surface area contributed by atoms with Crippen LogP contribution < -0.4 is 17.0 Å². The molecule has 0 spiro atoms. The van der Waals surface area contributed by atoms with Gasteiger partial charge in [0.1, 0.15) is 5.69 Å². The van der Waals surface area contributed by atoms with Crippen LogP contribution in [0.2, 0.25) is 0 Å². The Morgan fingerprint density at radius 1 is 1.39 bits per heavy atom. The van der Waals surface area contributed by atoms with Crippen molar-refractivity contribution in [1.82, 2.24) is 14.0 Å². The van der Waals surface area contributed by atoms with Crippen molar-refractivity contribution in [2.45, 2.75) is 26.4 Å². The molecule has 0 saturated carbocycles. The van der Waals surface area contributed by atoms with Crippen LogP contribution in [0, 0.1) is 0 Å². The fraction of sp³-hybridized carbons (Fsp3) is 0.545. The minimum Gasteiger partial charge on any atom is -0.393 e. The average molecular weight is 254 g/mol. The van der Waals surface area contributed by atoms with E-state index in [2.05, 4.69) is 0 Å². The van der Waals surface area contributed by atoms with Crippen molar-refractivity contribution in [3.63, 3.8) is 0 Å². The molecule has 0 aliphatic heterocycles. The molecular formula is C11H18N4O3. The molecule has 2 N–H and O–H groups in total. The molecule has 7 heteroatoms. The second kappa shape index (κ2) is 5.52. The number of amides is 1. The molecule has 0 saturated heterocycles. The first-order valence-corrected chi connectivity index (χ1v) is 5.68. The second-order valence-corrected chi connectivity index (χ2v) is 4.15. The largest absolute Gasteiger partial charge is 0.393 e. The molecule has 1 amide bonds. The first kappa shape index (κ1) is 14.0. The number of anilines is 1. The van der Waals surface area contributed by atoms with E-state index in [1.54, 1.807) is 21.0 Å². The van der Waals surface area contributed by atoms with Crippen molar-refractivity contribution < 1.29 is 4.79 Å². The van der Waals surface area contributed by atoms with Crippen molar-refractivity contribution in [2.24, 2.45) is 0 Å². The van der Waals surface area contributed by atoms with Gasteiger partial charge in [-0.2, -0.15) is 0 Å². The first-order valence-electron chi connectivity index (χ1n) is 5.68. The van der Waals surface area contributed by atoms with Gasteiger partial charge in [0.05, 0.1) is 0 Å². The Morgan fingerprint density at radius 2 is 2.00 bits per heavy atom. The predicted molar refractivity (Wildman–Crippen MR) is 68.4 cm³/mol. The molecule has 7 nitrogen and oxygen atoms in total. The van der Waals surface area contributed by atoms with Crippen LogP contribution in [-0.2, 0) is 17.9 Å².